The molecular weight excluding hydrogens is 236 g/mol. The first-order chi connectivity index (χ1) is 9.31. The van der Waals surface area contributed by atoms with E-state index in [1.807, 2.05) is 36.4 Å². The van der Waals surface area contributed by atoms with Gasteiger partial charge in [0.2, 0.25) is 0 Å². The van der Waals surface area contributed by atoms with Crippen LogP contribution in [-0.4, -0.2) is 13.7 Å². The average Bonchev–Trinajstić information content (AvgIpc) is 2.48. The number of nitriles is 1. The summed E-state index contributed by atoms with van der Waals surface area (Å²) in [4.78, 5) is 0. The number of benzene rings is 2. The van der Waals surface area contributed by atoms with E-state index in [1.165, 1.54) is 5.56 Å². The van der Waals surface area contributed by atoms with E-state index in [2.05, 4.69) is 17.5 Å². The van der Waals surface area contributed by atoms with Crippen LogP contribution in [0.25, 0.3) is 0 Å². The molecule has 0 saturated heterocycles. The Morgan fingerprint density at radius 3 is 2.79 bits per heavy atom. The number of ether oxygens (including phenoxy) is 1. The van der Waals surface area contributed by atoms with E-state index in [9.17, 15) is 0 Å². The van der Waals surface area contributed by atoms with Crippen molar-refractivity contribution in [2.24, 2.45) is 0 Å². The summed E-state index contributed by atoms with van der Waals surface area (Å²) < 4.78 is 5.19. The Bertz CT molecular complexity index is 587. The molecule has 2 aromatic rings. The van der Waals surface area contributed by atoms with Crippen LogP contribution in [0.5, 0.6) is 5.75 Å². The quantitative estimate of drug-likeness (QED) is 0.888. The summed E-state index contributed by atoms with van der Waals surface area (Å²) in [5.74, 6) is 0.879. The smallest absolute Gasteiger partial charge is 0.119 e. The predicted molar refractivity (Wildman–Crippen MR) is 76.3 cm³/mol. The second-order valence-corrected chi connectivity index (χ2v) is 4.22. The van der Waals surface area contributed by atoms with Gasteiger partial charge in [0, 0.05) is 12.2 Å². The third-order valence-electron chi connectivity index (χ3n) is 2.87. The van der Waals surface area contributed by atoms with Gasteiger partial charge in [-0.25, -0.2) is 0 Å². The van der Waals surface area contributed by atoms with Gasteiger partial charge >= 0.3 is 0 Å². The highest BCUT2D eigenvalue weighted by Gasteiger charge is 1.97. The number of hydrogen-bond acceptors (Lipinski definition) is 3. The van der Waals surface area contributed by atoms with Crippen LogP contribution in [-0.2, 0) is 6.42 Å². The minimum atomic E-state index is 0.673. The number of hydrogen-bond donors (Lipinski definition) is 1. The van der Waals surface area contributed by atoms with Crippen molar-refractivity contribution in [3.8, 4) is 11.8 Å². The van der Waals surface area contributed by atoms with E-state index in [0.29, 0.717) is 5.56 Å². The zero-order valence-corrected chi connectivity index (χ0v) is 10.9. The summed E-state index contributed by atoms with van der Waals surface area (Å²) in [6.45, 7) is 0.821. The van der Waals surface area contributed by atoms with Gasteiger partial charge in [-0.05, 0) is 42.3 Å². The zero-order chi connectivity index (χ0) is 13.5. The van der Waals surface area contributed by atoms with Crippen molar-refractivity contribution in [1.29, 1.82) is 5.26 Å². The number of anilines is 1. The third kappa shape index (κ3) is 3.75. The Morgan fingerprint density at radius 2 is 2.00 bits per heavy atom. The standard InChI is InChI=1S/C16H16N2O/c1-19-16-7-3-4-13(11-16)8-9-18-15-6-2-5-14(10-15)12-17/h2-7,10-11,18H,8-9H2,1H3. The number of methoxy groups -OCH3 is 1. The molecule has 0 saturated carbocycles. The van der Waals surface area contributed by atoms with E-state index >= 15 is 0 Å². The fourth-order valence-corrected chi connectivity index (χ4v) is 1.88. The first-order valence-electron chi connectivity index (χ1n) is 6.19. The minimum absolute atomic E-state index is 0.673. The van der Waals surface area contributed by atoms with Crippen LogP contribution in [0.3, 0.4) is 0 Å². The van der Waals surface area contributed by atoms with Crippen LogP contribution < -0.4 is 10.1 Å². The lowest BCUT2D eigenvalue weighted by molar-refractivity contribution is 0.414. The molecule has 1 N–H and O–H groups in total. The molecule has 2 rings (SSSR count). The Kier molecular flexibility index (Phi) is 4.41. The second-order valence-electron chi connectivity index (χ2n) is 4.22. The Hall–Kier alpha value is -2.47. The molecule has 0 spiro atoms. The summed E-state index contributed by atoms with van der Waals surface area (Å²) in [6, 6.07) is 17.7. The second kappa shape index (κ2) is 6.46. The summed E-state index contributed by atoms with van der Waals surface area (Å²) in [7, 11) is 1.67. The third-order valence-corrected chi connectivity index (χ3v) is 2.87. The van der Waals surface area contributed by atoms with Gasteiger partial charge in [-0.3, -0.25) is 0 Å². The summed E-state index contributed by atoms with van der Waals surface area (Å²) >= 11 is 0. The molecule has 96 valence electrons. The topological polar surface area (TPSA) is 45.0 Å². The van der Waals surface area contributed by atoms with Gasteiger partial charge < -0.3 is 10.1 Å². The molecule has 3 heteroatoms. The molecule has 3 nitrogen and oxygen atoms in total. The number of nitrogens with one attached hydrogen (secondary N) is 1. The highest BCUT2D eigenvalue weighted by molar-refractivity contribution is 5.49. The molecule has 0 bridgehead atoms. The lowest BCUT2D eigenvalue weighted by atomic mass is 10.1. The van der Waals surface area contributed by atoms with Gasteiger partial charge in [0.05, 0.1) is 18.7 Å². The van der Waals surface area contributed by atoms with Gasteiger partial charge in [-0.2, -0.15) is 5.26 Å². The summed E-state index contributed by atoms with van der Waals surface area (Å²) in [6.07, 6.45) is 0.911. The maximum absolute atomic E-state index is 8.83. The fraction of sp³-hybridized carbons (Fsp3) is 0.188. The van der Waals surface area contributed by atoms with Crippen molar-refractivity contribution < 1.29 is 4.74 Å². The molecule has 0 aromatic heterocycles. The molecule has 0 aliphatic carbocycles. The molecule has 0 amide bonds. The van der Waals surface area contributed by atoms with Gasteiger partial charge in [0.25, 0.3) is 0 Å². The van der Waals surface area contributed by atoms with Crippen molar-refractivity contribution in [2.45, 2.75) is 6.42 Å². The number of nitrogens with zero attached hydrogens (tertiary/aromatic N) is 1. The molecule has 0 heterocycles. The first kappa shape index (κ1) is 13.0. The highest BCUT2D eigenvalue weighted by Crippen LogP contribution is 2.14. The van der Waals surface area contributed by atoms with Gasteiger partial charge in [-0.15, -0.1) is 0 Å². The molecule has 0 fully saturated rings. The molecule has 0 aliphatic heterocycles. The predicted octanol–water partition coefficient (Wildman–Crippen LogP) is 3.22. The fourth-order valence-electron chi connectivity index (χ4n) is 1.88. The SMILES string of the molecule is COc1cccc(CCNc2cccc(C#N)c2)c1. The van der Waals surface area contributed by atoms with Crippen molar-refractivity contribution in [3.63, 3.8) is 0 Å². The van der Waals surface area contributed by atoms with E-state index in [-0.39, 0.29) is 0 Å². The van der Waals surface area contributed by atoms with Crippen LogP contribution in [0.1, 0.15) is 11.1 Å². The first-order valence-corrected chi connectivity index (χ1v) is 6.19. The summed E-state index contributed by atoms with van der Waals surface area (Å²) in [5.41, 5.74) is 2.87. The van der Waals surface area contributed by atoms with Crippen molar-refractivity contribution in [3.05, 3.63) is 59.7 Å². The van der Waals surface area contributed by atoms with E-state index in [0.717, 1.165) is 24.4 Å². The molecule has 0 unspecified atom stereocenters. The molecule has 2 aromatic carbocycles. The molecule has 0 aliphatic rings. The normalized spacial score (nSPS) is 9.68. The van der Waals surface area contributed by atoms with E-state index < -0.39 is 0 Å². The van der Waals surface area contributed by atoms with Gasteiger partial charge in [0.1, 0.15) is 5.75 Å². The van der Waals surface area contributed by atoms with Crippen molar-refractivity contribution in [2.75, 3.05) is 19.0 Å². The van der Waals surface area contributed by atoms with E-state index in [4.69, 9.17) is 10.00 Å². The minimum Gasteiger partial charge on any atom is -0.497 e. The Labute approximate surface area is 113 Å². The van der Waals surface area contributed by atoms with Gasteiger partial charge in [-0.1, -0.05) is 18.2 Å². The van der Waals surface area contributed by atoms with Crippen LogP contribution in [0.4, 0.5) is 5.69 Å². The molecule has 19 heavy (non-hydrogen) atoms. The van der Waals surface area contributed by atoms with E-state index in [1.54, 1.807) is 13.2 Å². The highest BCUT2D eigenvalue weighted by atomic mass is 16.5. The van der Waals surface area contributed by atoms with Crippen molar-refractivity contribution in [1.82, 2.24) is 0 Å². The largest absolute Gasteiger partial charge is 0.497 e. The molecular formula is C16H16N2O. The van der Waals surface area contributed by atoms with Crippen molar-refractivity contribution >= 4 is 5.69 Å². The average molecular weight is 252 g/mol. The maximum Gasteiger partial charge on any atom is 0.119 e. The molecule has 0 radical (unpaired) electrons. The Morgan fingerprint density at radius 1 is 1.16 bits per heavy atom. The molecule has 0 atom stereocenters. The lowest BCUT2D eigenvalue weighted by Gasteiger charge is -2.07. The summed E-state index contributed by atoms with van der Waals surface area (Å²) in [5, 5.41) is 12.1. The van der Waals surface area contributed by atoms with Crippen LogP contribution >= 0.6 is 0 Å². The maximum atomic E-state index is 8.83. The zero-order valence-electron chi connectivity index (χ0n) is 10.9. The Balaban J connectivity index is 1.90. The monoisotopic (exact) mass is 252 g/mol. The lowest BCUT2D eigenvalue weighted by Crippen LogP contribution is -2.05. The van der Waals surface area contributed by atoms with Crippen LogP contribution in [0.15, 0.2) is 48.5 Å². The number of rotatable bonds is 5. The van der Waals surface area contributed by atoms with Crippen LogP contribution in [0.2, 0.25) is 0 Å². The van der Waals surface area contributed by atoms with Crippen LogP contribution in [0, 0.1) is 11.3 Å². The van der Waals surface area contributed by atoms with Gasteiger partial charge in [0.15, 0.2) is 0 Å².